The first-order chi connectivity index (χ1) is 14.2. The maximum absolute atomic E-state index is 13.0. The lowest BCUT2D eigenvalue weighted by Crippen LogP contribution is -2.41. The Balaban J connectivity index is 1.96. The molecule has 0 spiro atoms. The van der Waals surface area contributed by atoms with E-state index in [0.717, 1.165) is 16.0 Å². The molecule has 1 aliphatic heterocycles. The van der Waals surface area contributed by atoms with Crippen LogP contribution in [0.15, 0.2) is 52.3 Å². The maximum Gasteiger partial charge on any atom is 0.270 e. The molecule has 0 saturated carbocycles. The zero-order valence-corrected chi connectivity index (χ0v) is 18.5. The van der Waals surface area contributed by atoms with Crippen molar-refractivity contribution in [1.29, 1.82) is 0 Å². The van der Waals surface area contributed by atoms with Gasteiger partial charge in [0.05, 0.1) is 23.9 Å². The number of rotatable bonds is 7. The molecule has 1 fully saturated rings. The number of hydrogen-bond donors (Lipinski definition) is 0. The molecule has 0 aliphatic carbocycles. The van der Waals surface area contributed by atoms with Gasteiger partial charge >= 0.3 is 0 Å². The molecule has 1 heterocycles. The van der Waals surface area contributed by atoms with Crippen molar-refractivity contribution in [1.82, 2.24) is 4.31 Å². The van der Waals surface area contributed by atoms with Crippen molar-refractivity contribution >= 4 is 33.5 Å². The molecule has 0 atom stereocenters. The molecular formula is C21H24N2O5S2. The summed E-state index contributed by atoms with van der Waals surface area (Å²) < 4.78 is 32.7. The monoisotopic (exact) mass is 448 g/mol. The van der Waals surface area contributed by atoms with Crippen LogP contribution in [0.5, 0.6) is 0 Å². The van der Waals surface area contributed by atoms with Crippen molar-refractivity contribution < 1.29 is 18.1 Å². The fourth-order valence-electron chi connectivity index (χ4n) is 3.07. The number of nitrogens with zero attached hydrogens (tertiary/aromatic N) is 2. The second-order valence-electron chi connectivity index (χ2n) is 7.10. The maximum atomic E-state index is 13.0. The second-order valence-corrected chi connectivity index (χ2v) is 10.2. The van der Waals surface area contributed by atoms with E-state index in [9.17, 15) is 18.5 Å². The Labute approximate surface area is 180 Å². The van der Waals surface area contributed by atoms with Crippen molar-refractivity contribution in [3.05, 3.63) is 74.2 Å². The van der Waals surface area contributed by atoms with E-state index in [1.54, 1.807) is 18.2 Å². The summed E-state index contributed by atoms with van der Waals surface area (Å²) in [6.07, 6.45) is 1.72. The third kappa shape index (κ3) is 5.91. The Morgan fingerprint density at radius 2 is 1.93 bits per heavy atom. The van der Waals surface area contributed by atoms with Gasteiger partial charge in [0.15, 0.2) is 0 Å². The minimum absolute atomic E-state index is 0.0316. The first-order valence-electron chi connectivity index (χ1n) is 9.50. The zero-order valence-electron chi connectivity index (χ0n) is 16.9. The van der Waals surface area contributed by atoms with Crippen LogP contribution in [0.1, 0.15) is 16.7 Å². The molecule has 0 bridgehead atoms. The van der Waals surface area contributed by atoms with Gasteiger partial charge in [-0.15, -0.1) is 0 Å². The highest BCUT2D eigenvalue weighted by atomic mass is 32.2. The van der Waals surface area contributed by atoms with Gasteiger partial charge in [-0.05, 0) is 42.7 Å². The fraction of sp³-hybridized carbons (Fsp3) is 0.333. The van der Waals surface area contributed by atoms with Crippen LogP contribution in [-0.2, 0) is 14.8 Å². The third-order valence-electron chi connectivity index (χ3n) is 4.68. The molecule has 0 unspecified atom stereocenters. The lowest BCUT2D eigenvalue weighted by atomic mass is 10.2. The quantitative estimate of drug-likeness (QED) is 0.361. The lowest BCUT2D eigenvalue weighted by Gasteiger charge is -2.26. The van der Waals surface area contributed by atoms with Crippen LogP contribution >= 0.6 is 11.8 Å². The van der Waals surface area contributed by atoms with Crippen LogP contribution in [0.2, 0.25) is 0 Å². The van der Waals surface area contributed by atoms with Crippen LogP contribution in [0.4, 0.5) is 5.69 Å². The summed E-state index contributed by atoms with van der Waals surface area (Å²) in [4.78, 5) is 12.2. The van der Waals surface area contributed by atoms with E-state index in [1.165, 1.54) is 28.2 Å². The summed E-state index contributed by atoms with van der Waals surface area (Å²) in [7, 11) is -3.54. The van der Waals surface area contributed by atoms with E-state index in [0.29, 0.717) is 36.8 Å². The van der Waals surface area contributed by atoms with E-state index in [2.05, 4.69) is 0 Å². The summed E-state index contributed by atoms with van der Waals surface area (Å²) in [5.74, 6) is -0.173. The summed E-state index contributed by atoms with van der Waals surface area (Å²) in [5.41, 5.74) is 2.68. The number of thioether (sulfide) groups is 1. The average molecular weight is 449 g/mol. The number of hydrogen-bond acceptors (Lipinski definition) is 6. The van der Waals surface area contributed by atoms with Gasteiger partial charge in [-0.1, -0.05) is 36.0 Å². The minimum Gasteiger partial charge on any atom is -0.379 e. The van der Waals surface area contributed by atoms with Gasteiger partial charge in [-0.2, -0.15) is 4.31 Å². The number of benzene rings is 2. The number of aryl methyl sites for hydroxylation is 2. The van der Waals surface area contributed by atoms with E-state index in [4.69, 9.17) is 4.74 Å². The van der Waals surface area contributed by atoms with Gasteiger partial charge in [-0.3, -0.25) is 10.1 Å². The number of nitro groups is 1. The van der Waals surface area contributed by atoms with E-state index in [-0.39, 0.29) is 11.4 Å². The Morgan fingerprint density at radius 1 is 1.20 bits per heavy atom. The standard InChI is InChI=1S/C21H24N2O5S2/c1-16-6-7-17(2)21(12-16)29-20(14-18-4-3-5-19(13-18)23(24)25)15-30(26,27)22-8-10-28-11-9-22/h3-7,12-14H,8-11,15H2,1-2H3. The normalized spacial score (nSPS) is 15.9. The van der Waals surface area contributed by atoms with E-state index < -0.39 is 14.9 Å². The molecule has 0 N–H and O–H groups in total. The van der Waals surface area contributed by atoms with E-state index in [1.807, 2.05) is 32.0 Å². The molecular weight excluding hydrogens is 424 g/mol. The lowest BCUT2D eigenvalue weighted by molar-refractivity contribution is -0.384. The predicted molar refractivity (Wildman–Crippen MR) is 119 cm³/mol. The topological polar surface area (TPSA) is 89.8 Å². The number of ether oxygens (including phenoxy) is 1. The predicted octanol–water partition coefficient (Wildman–Crippen LogP) is 4.01. The van der Waals surface area contributed by atoms with Gasteiger partial charge in [0, 0.05) is 35.0 Å². The molecule has 0 radical (unpaired) electrons. The largest absolute Gasteiger partial charge is 0.379 e. The van der Waals surface area contributed by atoms with Gasteiger partial charge in [-0.25, -0.2) is 8.42 Å². The number of sulfonamides is 1. The Hall–Kier alpha value is -2.20. The van der Waals surface area contributed by atoms with Gasteiger partial charge in [0.2, 0.25) is 10.0 Å². The van der Waals surface area contributed by atoms with Crippen molar-refractivity contribution in [2.45, 2.75) is 18.7 Å². The second kappa shape index (κ2) is 9.74. The molecule has 160 valence electrons. The SMILES string of the molecule is Cc1ccc(C)c(SC(=Cc2cccc([N+](=O)[O-])c2)CS(=O)(=O)N2CCOCC2)c1. The van der Waals surface area contributed by atoms with Crippen LogP contribution in [-0.4, -0.2) is 49.7 Å². The van der Waals surface area contributed by atoms with Crippen molar-refractivity contribution in [2.75, 3.05) is 32.1 Å². The number of non-ortho nitro benzene ring substituents is 1. The summed E-state index contributed by atoms with van der Waals surface area (Å²) in [6, 6.07) is 12.2. The highest BCUT2D eigenvalue weighted by molar-refractivity contribution is 8.04. The smallest absolute Gasteiger partial charge is 0.270 e. The molecule has 2 aromatic rings. The summed E-state index contributed by atoms with van der Waals surface area (Å²) in [6.45, 7) is 5.39. The highest BCUT2D eigenvalue weighted by Crippen LogP contribution is 2.33. The summed E-state index contributed by atoms with van der Waals surface area (Å²) >= 11 is 1.38. The first kappa shape index (κ1) is 22.5. The molecule has 7 nitrogen and oxygen atoms in total. The molecule has 1 aliphatic rings. The molecule has 30 heavy (non-hydrogen) atoms. The van der Waals surface area contributed by atoms with Crippen LogP contribution < -0.4 is 0 Å². The Morgan fingerprint density at radius 3 is 2.63 bits per heavy atom. The molecule has 9 heteroatoms. The van der Waals surface area contributed by atoms with Crippen LogP contribution in [0.3, 0.4) is 0 Å². The van der Waals surface area contributed by atoms with Crippen molar-refractivity contribution in [3.63, 3.8) is 0 Å². The molecule has 3 rings (SSSR count). The highest BCUT2D eigenvalue weighted by Gasteiger charge is 2.26. The molecule has 0 amide bonds. The zero-order chi connectivity index (χ0) is 21.7. The van der Waals surface area contributed by atoms with Crippen molar-refractivity contribution in [2.24, 2.45) is 0 Å². The van der Waals surface area contributed by atoms with Crippen LogP contribution in [0.25, 0.3) is 6.08 Å². The van der Waals surface area contributed by atoms with Crippen LogP contribution in [0, 0.1) is 24.0 Å². The first-order valence-corrected chi connectivity index (χ1v) is 11.9. The number of nitro benzene ring substituents is 1. The van der Waals surface area contributed by atoms with Gasteiger partial charge < -0.3 is 4.74 Å². The Kier molecular flexibility index (Phi) is 7.30. The number of morpholine rings is 1. The average Bonchev–Trinajstić information content (AvgIpc) is 2.71. The fourth-order valence-corrected chi connectivity index (χ4v) is 6.03. The Bertz CT molecular complexity index is 1060. The van der Waals surface area contributed by atoms with E-state index >= 15 is 0 Å². The molecule has 1 saturated heterocycles. The van der Waals surface area contributed by atoms with Gasteiger partial charge in [0.25, 0.3) is 5.69 Å². The summed E-state index contributed by atoms with van der Waals surface area (Å²) in [5, 5.41) is 11.1. The minimum atomic E-state index is -3.54. The molecule has 0 aromatic heterocycles. The van der Waals surface area contributed by atoms with Gasteiger partial charge in [0.1, 0.15) is 0 Å². The molecule has 2 aromatic carbocycles. The third-order valence-corrected chi connectivity index (χ3v) is 7.88. The van der Waals surface area contributed by atoms with Crippen molar-refractivity contribution in [3.8, 4) is 0 Å².